The quantitative estimate of drug-likeness (QED) is 0.338. The molecule has 2 aromatic heterocycles. The number of aromatic amines is 1. The summed E-state index contributed by atoms with van der Waals surface area (Å²) in [5.41, 5.74) is 4.28. The Morgan fingerprint density at radius 2 is 1.88 bits per heavy atom. The largest absolute Gasteiger partial charge is 0.353 e. The summed E-state index contributed by atoms with van der Waals surface area (Å²) in [6.45, 7) is 4.44. The molecule has 6 aliphatic rings. The number of nitrogens with one attached hydrogen (secondary N) is 1. The second-order valence-electron chi connectivity index (χ2n) is 14.1. The molecule has 1 N–H and O–H groups in total. The number of piperidine rings is 1. The van der Waals surface area contributed by atoms with Crippen molar-refractivity contribution in [1.29, 1.82) is 0 Å². The molecule has 6 heteroatoms. The molecule has 3 aromatic rings. The van der Waals surface area contributed by atoms with Gasteiger partial charge in [0.05, 0.1) is 17.3 Å². The number of Topliss-reactive ketones (excluding diaryl/α,β-unsaturated/α-hetero) is 1. The zero-order valence-corrected chi connectivity index (χ0v) is 24.6. The number of H-pyrrole nitrogens is 1. The van der Waals surface area contributed by atoms with Crippen LogP contribution in [0.3, 0.4) is 0 Å². The smallest absolute Gasteiger partial charge is 0.133 e. The lowest BCUT2D eigenvalue weighted by Crippen LogP contribution is -2.65. The molecule has 0 radical (unpaired) electrons. The van der Waals surface area contributed by atoms with E-state index in [1.54, 1.807) is 0 Å². The summed E-state index contributed by atoms with van der Waals surface area (Å²) in [7, 11) is 0. The minimum Gasteiger partial charge on any atom is -0.353 e. The van der Waals surface area contributed by atoms with Crippen molar-refractivity contribution in [3.63, 3.8) is 0 Å². The number of ether oxygens (including phenoxy) is 1. The van der Waals surface area contributed by atoms with Crippen LogP contribution in [0.5, 0.6) is 0 Å². The molecule has 1 spiro atoms. The molecule has 4 fully saturated rings. The van der Waals surface area contributed by atoms with Gasteiger partial charge in [0, 0.05) is 53.8 Å². The van der Waals surface area contributed by atoms with Gasteiger partial charge in [-0.2, -0.15) is 0 Å². The summed E-state index contributed by atoms with van der Waals surface area (Å²) in [5, 5.41) is 2.52. The second kappa shape index (κ2) is 9.35. The molecule has 4 saturated heterocycles. The first-order valence-electron chi connectivity index (χ1n) is 16.6. The number of rotatable bonds is 1. The number of allylic oxidation sites excluding steroid dienone is 3. The van der Waals surface area contributed by atoms with E-state index in [0.717, 1.165) is 69.4 Å². The number of nitrogens with zero attached hydrogens (tertiary/aromatic N) is 3. The molecule has 1 unspecified atom stereocenters. The highest BCUT2D eigenvalue weighted by Gasteiger charge is 2.77. The van der Waals surface area contributed by atoms with Gasteiger partial charge in [0.2, 0.25) is 0 Å². The molecule has 0 amide bonds. The minimum atomic E-state index is -0.366. The van der Waals surface area contributed by atoms with Gasteiger partial charge in [-0.3, -0.25) is 14.7 Å². The summed E-state index contributed by atoms with van der Waals surface area (Å²) in [6.07, 6.45) is 20.5. The Morgan fingerprint density at radius 3 is 2.86 bits per heavy atom. The van der Waals surface area contributed by atoms with Crippen LogP contribution < -0.4 is 0 Å². The topological polar surface area (TPSA) is 61.5 Å². The van der Waals surface area contributed by atoms with Crippen LogP contribution in [-0.4, -0.2) is 69.1 Å². The molecule has 5 bridgehead atoms. The maximum absolute atomic E-state index is 12.8. The Kier molecular flexibility index (Phi) is 5.71. The molecular weight excluding hydrogens is 520 g/mol. The molecule has 6 atom stereocenters. The van der Waals surface area contributed by atoms with E-state index in [0.29, 0.717) is 30.6 Å². The molecule has 7 heterocycles. The Labute approximate surface area is 248 Å². The predicted octanol–water partition coefficient (Wildman–Crippen LogP) is 6.62. The molecule has 1 aliphatic carbocycles. The number of para-hydroxylation sites is 1. The van der Waals surface area contributed by atoms with Crippen LogP contribution in [-0.2, 0) is 9.53 Å². The number of fused-ring (bicyclic) bond motifs is 4. The highest BCUT2D eigenvalue weighted by atomic mass is 16.6. The normalized spacial score (nSPS) is 39.2. The first-order chi connectivity index (χ1) is 20.6. The lowest BCUT2D eigenvalue weighted by molar-refractivity contribution is -0.180. The molecule has 5 aliphatic heterocycles. The Hall–Kier alpha value is -2.80. The number of carbonyl (C=O) groups is 1. The molecule has 0 saturated carbocycles. The van der Waals surface area contributed by atoms with Crippen LogP contribution in [0.15, 0.2) is 54.8 Å². The van der Waals surface area contributed by atoms with Crippen LogP contribution in [0.1, 0.15) is 76.3 Å². The maximum atomic E-state index is 12.8. The van der Waals surface area contributed by atoms with Gasteiger partial charge in [-0.25, -0.2) is 0 Å². The minimum absolute atomic E-state index is 0.0988. The van der Waals surface area contributed by atoms with Crippen molar-refractivity contribution >= 4 is 33.2 Å². The van der Waals surface area contributed by atoms with Gasteiger partial charge < -0.3 is 14.6 Å². The monoisotopic (exact) mass is 562 g/mol. The van der Waals surface area contributed by atoms with Crippen LogP contribution in [0.25, 0.3) is 27.4 Å². The van der Waals surface area contributed by atoms with Gasteiger partial charge in [-0.1, -0.05) is 30.4 Å². The summed E-state index contributed by atoms with van der Waals surface area (Å²) in [4.78, 5) is 27.3. The van der Waals surface area contributed by atoms with E-state index in [2.05, 4.69) is 63.3 Å². The average Bonchev–Trinajstić information content (AvgIpc) is 3.58. The number of hydrogen-bond donors (Lipinski definition) is 1. The van der Waals surface area contributed by atoms with E-state index in [1.807, 2.05) is 6.20 Å². The van der Waals surface area contributed by atoms with E-state index in [9.17, 15) is 4.79 Å². The maximum Gasteiger partial charge on any atom is 0.133 e. The Balaban J connectivity index is 1.27. The lowest BCUT2D eigenvalue weighted by Gasteiger charge is -2.59. The fourth-order valence-electron chi connectivity index (χ4n) is 10.5. The van der Waals surface area contributed by atoms with Crippen molar-refractivity contribution in [2.45, 2.75) is 88.0 Å². The summed E-state index contributed by atoms with van der Waals surface area (Å²) in [6, 6.07) is 11.2. The summed E-state index contributed by atoms with van der Waals surface area (Å²) < 4.78 is 7.53. The molecule has 1 aromatic carbocycles. The van der Waals surface area contributed by atoms with Gasteiger partial charge in [-0.15, -0.1) is 0 Å². The van der Waals surface area contributed by atoms with E-state index >= 15 is 0 Å². The number of carbonyl (C=O) groups excluding carboxylic acids is 1. The predicted molar refractivity (Wildman–Crippen MR) is 166 cm³/mol. The van der Waals surface area contributed by atoms with E-state index in [1.165, 1.54) is 47.7 Å². The Morgan fingerprint density at radius 1 is 0.952 bits per heavy atom. The third kappa shape index (κ3) is 3.55. The zero-order valence-electron chi connectivity index (χ0n) is 24.6. The second-order valence-corrected chi connectivity index (χ2v) is 14.1. The summed E-state index contributed by atoms with van der Waals surface area (Å²) in [5.74, 6) is 0.850. The zero-order chi connectivity index (χ0) is 27.9. The fourth-order valence-corrected chi connectivity index (χ4v) is 10.5. The van der Waals surface area contributed by atoms with E-state index in [-0.39, 0.29) is 16.7 Å². The molecular formula is C36H42N4O2. The van der Waals surface area contributed by atoms with E-state index in [4.69, 9.17) is 9.72 Å². The van der Waals surface area contributed by atoms with Crippen LogP contribution >= 0.6 is 0 Å². The number of aromatic nitrogens is 2. The molecule has 9 rings (SSSR count). The van der Waals surface area contributed by atoms with E-state index < -0.39 is 0 Å². The first kappa shape index (κ1) is 25.7. The number of ketones is 1. The van der Waals surface area contributed by atoms with Crippen molar-refractivity contribution in [3.05, 3.63) is 60.5 Å². The van der Waals surface area contributed by atoms with Gasteiger partial charge in [-0.05, 0) is 101 Å². The van der Waals surface area contributed by atoms with Crippen LogP contribution in [0.4, 0.5) is 0 Å². The standard InChI is InChI=1S/C36H42N4O2/c41-25-10-9-20-40-33-34-23-36(40,17-13-25)42-35(33)16-7-3-1-2-4-8-19-39(24-34)21-15-29(34)28(22-35)31-32-27(14-18-37-31)26-11-5-6-12-30(26)38-32/h1,3,5-6,11-12,14,18,22,29,33,38H,2,4,7-10,13,15-17,19-21,23-24H2/b3-1-/t29-,33+,34-,35+,36-/m0/s1. The van der Waals surface area contributed by atoms with Crippen LogP contribution in [0, 0.1) is 11.3 Å². The highest BCUT2D eigenvalue weighted by molar-refractivity contribution is 6.09. The Bertz CT molecular complexity index is 1640. The molecule has 218 valence electrons. The van der Waals surface area contributed by atoms with Crippen molar-refractivity contribution in [3.8, 4) is 0 Å². The van der Waals surface area contributed by atoms with Crippen molar-refractivity contribution < 1.29 is 9.53 Å². The summed E-state index contributed by atoms with van der Waals surface area (Å²) >= 11 is 0. The lowest BCUT2D eigenvalue weighted by atomic mass is 9.53. The van der Waals surface area contributed by atoms with Gasteiger partial charge >= 0.3 is 0 Å². The molecule has 42 heavy (non-hydrogen) atoms. The third-order valence-corrected chi connectivity index (χ3v) is 11.9. The number of benzene rings is 1. The fraction of sp³-hybridized carbons (Fsp3) is 0.556. The van der Waals surface area contributed by atoms with Gasteiger partial charge in [0.25, 0.3) is 0 Å². The molecule has 6 nitrogen and oxygen atoms in total. The number of pyridine rings is 1. The van der Waals surface area contributed by atoms with Crippen molar-refractivity contribution in [1.82, 2.24) is 19.8 Å². The van der Waals surface area contributed by atoms with Crippen LogP contribution in [0.2, 0.25) is 0 Å². The van der Waals surface area contributed by atoms with Crippen molar-refractivity contribution in [2.75, 3.05) is 26.2 Å². The SMILES string of the molecule is O=C1CCCN2[C@@H]3[C@@]45CN6CCCC/C=C\CC[C@]3(C=C(c3nccc7c3[nH]c3ccccc37)[C@@H]4CC6)O[C@@]2(CC1)C5. The average molecular weight is 563 g/mol. The first-order valence-corrected chi connectivity index (χ1v) is 16.6. The third-order valence-electron chi connectivity index (χ3n) is 11.9. The van der Waals surface area contributed by atoms with Gasteiger partial charge in [0.1, 0.15) is 17.1 Å². The van der Waals surface area contributed by atoms with Crippen molar-refractivity contribution in [2.24, 2.45) is 11.3 Å². The highest BCUT2D eigenvalue weighted by Crippen LogP contribution is 2.70. The van der Waals surface area contributed by atoms with Gasteiger partial charge in [0.15, 0.2) is 0 Å². The number of hydrogen-bond acceptors (Lipinski definition) is 5.